The number of imidazole rings is 1. The van der Waals surface area contributed by atoms with E-state index in [-0.39, 0.29) is 36.2 Å². The number of benzene rings is 2. The maximum atomic E-state index is 12.4. The highest BCUT2D eigenvalue weighted by molar-refractivity contribution is 7.89. The summed E-state index contributed by atoms with van der Waals surface area (Å²) in [7, 11) is -3.73. The second-order valence-corrected chi connectivity index (χ2v) is 8.99. The minimum atomic E-state index is -3.73. The first kappa shape index (κ1) is 23.5. The molecule has 0 bridgehead atoms. The molecule has 0 saturated carbocycles. The lowest BCUT2D eigenvalue weighted by Gasteiger charge is -2.10. The van der Waals surface area contributed by atoms with Gasteiger partial charge in [-0.15, -0.1) is 0 Å². The molecule has 0 radical (unpaired) electrons. The fourth-order valence-corrected chi connectivity index (χ4v) is 4.12. The molecule has 0 aliphatic heterocycles. The van der Waals surface area contributed by atoms with Crippen LogP contribution in [0.2, 0.25) is 5.02 Å². The van der Waals surface area contributed by atoms with E-state index in [1.807, 2.05) is 0 Å². The van der Waals surface area contributed by atoms with Crippen LogP contribution >= 0.6 is 11.6 Å². The zero-order valence-corrected chi connectivity index (χ0v) is 18.6. The topological polar surface area (TPSA) is 122 Å². The molecular formula is C21H22ClN5O4S. The van der Waals surface area contributed by atoms with Gasteiger partial charge >= 0.3 is 0 Å². The van der Waals surface area contributed by atoms with E-state index in [0.29, 0.717) is 22.8 Å². The van der Waals surface area contributed by atoms with Crippen molar-refractivity contribution in [3.63, 3.8) is 0 Å². The standard InChI is InChI=1S/C21H22ClN5O4S/c22-17-4-2-6-19(14-17)32(30,31)25-9-8-24-21(29)16-3-1-5-18(13-16)26-20(28)7-11-27-12-10-23-15-27/h1-6,10,12-15,25H,7-9,11H2,(H,24,29)(H,26,28). The Hall–Kier alpha value is -3.21. The number of hydrogen-bond acceptors (Lipinski definition) is 5. The van der Waals surface area contributed by atoms with Crippen LogP contribution < -0.4 is 15.4 Å². The van der Waals surface area contributed by atoms with Crippen molar-refractivity contribution in [1.29, 1.82) is 0 Å². The summed E-state index contributed by atoms with van der Waals surface area (Å²) >= 11 is 5.83. The lowest BCUT2D eigenvalue weighted by Crippen LogP contribution is -2.34. The number of nitrogens with zero attached hydrogens (tertiary/aromatic N) is 2. The number of aryl methyl sites for hydroxylation is 1. The Balaban J connectivity index is 1.46. The van der Waals surface area contributed by atoms with Gasteiger partial charge in [0, 0.05) is 54.7 Å². The highest BCUT2D eigenvalue weighted by Gasteiger charge is 2.14. The van der Waals surface area contributed by atoms with Crippen LogP contribution in [0.1, 0.15) is 16.8 Å². The summed E-state index contributed by atoms with van der Waals surface area (Å²) in [5.41, 5.74) is 0.838. The molecular weight excluding hydrogens is 454 g/mol. The van der Waals surface area contributed by atoms with Crippen molar-refractivity contribution in [3.8, 4) is 0 Å². The fourth-order valence-electron chi connectivity index (χ4n) is 2.79. The maximum Gasteiger partial charge on any atom is 0.251 e. The van der Waals surface area contributed by atoms with Crippen molar-refractivity contribution < 1.29 is 18.0 Å². The first-order valence-electron chi connectivity index (χ1n) is 9.72. The minimum Gasteiger partial charge on any atom is -0.351 e. The van der Waals surface area contributed by atoms with E-state index in [9.17, 15) is 18.0 Å². The molecule has 11 heteroatoms. The van der Waals surface area contributed by atoms with E-state index in [1.54, 1.807) is 59.7 Å². The van der Waals surface area contributed by atoms with Crippen LogP contribution in [0.5, 0.6) is 0 Å². The van der Waals surface area contributed by atoms with E-state index in [1.165, 1.54) is 12.1 Å². The molecule has 1 heterocycles. The SMILES string of the molecule is O=C(CCn1ccnc1)Nc1cccc(C(=O)NCCNS(=O)(=O)c2cccc(Cl)c2)c1. The number of hydrogen-bond donors (Lipinski definition) is 3. The number of halogens is 1. The number of carbonyl (C=O) groups is 2. The molecule has 32 heavy (non-hydrogen) atoms. The average molecular weight is 476 g/mol. The molecule has 0 saturated heterocycles. The smallest absolute Gasteiger partial charge is 0.251 e. The lowest BCUT2D eigenvalue weighted by molar-refractivity contribution is -0.116. The Morgan fingerprint density at radius 2 is 1.88 bits per heavy atom. The van der Waals surface area contributed by atoms with Crippen LogP contribution in [0.25, 0.3) is 0 Å². The first-order chi connectivity index (χ1) is 15.3. The molecule has 0 unspecified atom stereocenters. The van der Waals surface area contributed by atoms with Gasteiger partial charge in [-0.1, -0.05) is 23.7 Å². The Morgan fingerprint density at radius 1 is 1.06 bits per heavy atom. The molecule has 3 aromatic rings. The van der Waals surface area contributed by atoms with Crippen LogP contribution in [-0.4, -0.2) is 42.9 Å². The lowest BCUT2D eigenvalue weighted by atomic mass is 10.2. The fraction of sp³-hybridized carbons (Fsp3) is 0.190. The summed E-state index contributed by atoms with van der Waals surface area (Å²) in [6.45, 7) is 0.586. The summed E-state index contributed by atoms with van der Waals surface area (Å²) in [6, 6.07) is 12.4. The van der Waals surface area contributed by atoms with Gasteiger partial charge in [-0.3, -0.25) is 9.59 Å². The number of carbonyl (C=O) groups excluding carboxylic acids is 2. The van der Waals surface area contributed by atoms with Gasteiger partial charge in [0.15, 0.2) is 0 Å². The van der Waals surface area contributed by atoms with Gasteiger partial charge < -0.3 is 15.2 Å². The summed E-state index contributed by atoms with van der Waals surface area (Å²) in [4.78, 5) is 28.5. The molecule has 1 aromatic heterocycles. The van der Waals surface area contributed by atoms with Crippen LogP contribution in [0.3, 0.4) is 0 Å². The predicted molar refractivity (Wildman–Crippen MR) is 121 cm³/mol. The number of amides is 2. The van der Waals surface area contributed by atoms with Crippen molar-refractivity contribution >= 4 is 39.1 Å². The number of rotatable bonds is 10. The van der Waals surface area contributed by atoms with E-state index in [4.69, 9.17) is 11.6 Å². The third kappa shape index (κ3) is 6.91. The van der Waals surface area contributed by atoms with Crippen molar-refractivity contribution in [2.75, 3.05) is 18.4 Å². The average Bonchev–Trinajstić information content (AvgIpc) is 3.29. The molecule has 0 atom stereocenters. The molecule has 0 fully saturated rings. The molecule has 3 N–H and O–H groups in total. The predicted octanol–water partition coefficient (Wildman–Crippen LogP) is 2.27. The summed E-state index contributed by atoms with van der Waals surface area (Å²) in [5, 5.41) is 5.71. The second kappa shape index (κ2) is 10.9. The van der Waals surface area contributed by atoms with Crippen LogP contribution in [0.4, 0.5) is 5.69 Å². The molecule has 3 rings (SSSR count). The Bertz CT molecular complexity index is 1180. The third-order valence-corrected chi connectivity index (χ3v) is 6.07. The van der Waals surface area contributed by atoms with E-state index in [2.05, 4.69) is 20.3 Å². The molecule has 2 aromatic carbocycles. The van der Waals surface area contributed by atoms with E-state index >= 15 is 0 Å². The van der Waals surface area contributed by atoms with Gasteiger partial charge in [0.25, 0.3) is 5.91 Å². The van der Waals surface area contributed by atoms with Gasteiger partial charge in [-0.2, -0.15) is 0 Å². The van der Waals surface area contributed by atoms with Crippen molar-refractivity contribution in [1.82, 2.24) is 19.6 Å². The van der Waals surface area contributed by atoms with Crippen LogP contribution in [0.15, 0.2) is 72.1 Å². The Labute approximate surface area is 190 Å². The van der Waals surface area contributed by atoms with E-state index in [0.717, 1.165) is 0 Å². The molecule has 0 aliphatic rings. The number of sulfonamides is 1. The molecule has 0 aliphatic carbocycles. The number of anilines is 1. The molecule has 9 nitrogen and oxygen atoms in total. The monoisotopic (exact) mass is 475 g/mol. The maximum absolute atomic E-state index is 12.4. The van der Waals surface area contributed by atoms with Crippen molar-refractivity contribution in [3.05, 3.63) is 77.8 Å². The zero-order valence-electron chi connectivity index (χ0n) is 17.0. The van der Waals surface area contributed by atoms with Crippen LogP contribution in [0, 0.1) is 0 Å². The van der Waals surface area contributed by atoms with Gasteiger partial charge in [-0.25, -0.2) is 18.1 Å². The normalized spacial score (nSPS) is 11.2. The highest BCUT2D eigenvalue weighted by Crippen LogP contribution is 2.15. The van der Waals surface area contributed by atoms with Gasteiger partial charge in [0.1, 0.15) is 0 Å². The minimum absolute atomic E-state index is 0.00522. The second-order valence-electron chi connectivity index (χ2n) is 6.79. The first-order valence-corrected chi connectivity index (χ1v) is 11.6. The molecule has 2 amide bonds. The molecule has 168 valence electrons. The Morgan fingerprint density at radius 3 is 2.62 bits per heavy atom. The van der Waals surface area contributed by atoms with E-state index < -0.39 is 10.0 Å². The quantitative estimate of drug-likeness (QED) is 0.388. The summed E-state index contributed by atoms with van der Waals surface area (Å²) < 4.78 is 28.7. The van der Waals surface area contributed by atoms with Gasteiger partial charge in [-0.05, 0) is 36.4 Å². The zero-order chi connectivity index (χ0) is 23.0. The van der Waals surface area contributed by atoms with Crippen LogP contribution in [-0.2, 0) is 21.4 Å². The van der Waals surface area contributed by atoms with Crippen molar-refractivity contribution in [2.24, 2.45) is 0 Å². The number of nitrogens with one attached hydrogen (secondary N) is 3. The van der Waals surface area contributed by atoms with Gasteiger partial charge in [0.2, 0.25) is 15.9 Å². The van der Waals surface area contributed by atoms with Crippen molar-refractivity contribution in [2.45, 2.75) is 17.9 Å². The number of aromatic nitrogens is 2. The highest BCUT2D eigenvalue weighted by atomic mass is 35.5. The largest absolute Gasteiger partial charge is 0.351 e. The molecule has 0 spiro atoms. The Kier molecular flexibility index (Phi) is 7.98. The third-order valence-electron chi connectivity index (χ3n) is 4.37. The summed E-state index contributed by atoms with van der Waals surface area (Å²) in [6.07, 6.45) is 5.31. The summed E-state index contributed by atoms with van der Waals surface area (Å²) in [5.74, 6) is -0.576. The van der Waals surface area contributed by atoms with Gasteiger partial charge in [0.05, 0.1) is 11.2 Å².